The topological polar surface area (TPSA) is 46.5 Å². The van der Waals surface area contributed by atoms with E-state index in [-0.39, 0.29) is 12.1 Å². The molecule has 246 valence electrons. The first-order valence-electron chi connectivity index (χ1n) is 16.9. The van der Waals surface area contributed by atoms with Crippen molar-refractivity contribution in [2.24, 2.45) is 11.3 Å². The number of hydrogen-bond donors (Lipinski definition) is 1. The smallest absolute Gasteiger partial charge is 0.311 e. The van der Waals surface area contributed by atoms with Crippen molar-refractivity contribution in [3.05, 3.63) is 70.4 Å². The van der Waals surface area contributed by atoms with E-state index in [1.807, 2.05) is 27.7 Å². The van der Waals surface area contributed by atoms with Gasteiger partial charge < -0.3 is 9.84 Å². The Morgan fingerprint density at radius 3 is 1.40 bits per heavy atom. The van der Waals surface area contributed by atoms with Crippen LogP contribution < -0.4 is 0 Å². The summed E-state index contributed by atoms with van der Waals surface area (Å²) in [6, 6.07) is 0. The Morgan fingerprint density at radius 2 is 1.02 bits per heavy atom. The largest absolute Gasteiger partial charge is 0.465 e. The van der Waals surface area contributed by atoms with Crippen molar-refractivity contribution in [1.82, 2.24) is 0 Å². The van der Waals surface area contributed by atoms with Crippen LogP contribution in [-0.2, 0) is 9.53 Å². The summed E-state index contributed by atoms with van der Waals surface area (Å²) in [5.41, 5.74) is 7.71. The number of esters is 1. The first-order chi connectivity index (χ1) is 20.1. The Labute approximate surface area is 267 Å². The molecular formula is C40H68O3. The number of aliphatic hydroxyl groups excluding tert-OH is 1. The average molecular weight is 597 g/mol. The third-order valence-electron chi connectivity index (χ3n) is 8.12. The number of allylic oxidation sites excluding steroid dienone is 10. The van der Waals surface area contributed by atoms with Crippen molar-refractivity contribution in [2.75, 3.05) is 6.61 Å². The minimum atomic E-state index is -0.417. The molecule has 0 heterocycles. The highest BCUT2D eigenvalue weighted by molar-refractivity contribution is 5.75. The molecule has 0 aromatic heterocycles. The first-order valence-corrected chi connectivity index (χ1v) is 16.9. The van der Waals surface area contributed by atoms with E-state index in [9.17, 15) is 9.90 Å². The number of ether oxygens (including phenoxy) is 1. The SMILES string of the molecule is C=C(C)C(O)CCC(C)=CCCC(C)=CCCC(C)=CCCC(C)=CCCC(C)=CCCC(C)CCOC(=O)C(C)(C)C. The van der Waals surface area contributed by atoms with E-state index >= 15 is 0 Å². The van der Waals surface area contributed by atoms with Crippen molar-refractivity contribution in [2.45, 2.75) is 159 Å². The summed E-state index contributed by atoms with van der Waals surface area (Å²) in [5, 5.41) is 9.89. The molecule has 3 nitrogen and oxygen atoms in total. The molecule has 3 heteroatoms. The quantitative estimate of drug-likeness (QED) is 0.0998. The molecule has 0 aromatic rings. The summed E-state index contributed by atoms with van der Waals surface area (Å²) in [7, 11) is 0. The average Bonchev–Trinajstić information content (AvgIpc) is 2.91. The van der Waals surface area contributed by atoms with Crippen molar-refractivity contribution < 1.29 is 14.6 Å². The lowest BCUT2D eigenvalue weighted by molar-refractivity contribution is -0.153. The maximum Gasteiger partial charge on any atom is 0.311 e. The fraction of sp³-hybridized carbons (Fsp3) is 0.675. The molecule has 0 aliphatic rings. The molecule has 0 radical (unpaired) electrons. The minimum absolute atomic E-state index is 0.108. The molecule has 0 amide bonds. The zero-order valence-electron chi connectivity index (χ0n) is 29.9. The van der Waals surface area contributed by atoms with Crippen LogP contribution in [0.25, 0.3) is 0 Å². The van der Waals surface area contributed by atoms with Crippen molar-refractivity contribution in [1.29, 1.82) is 0 Å². The van der Waals surface area contributed by atoms with Gasteiger partial charge in [0, 0.05) is 0 Å². The molecule has 43 heavy (non-hydrogen) atoms. The highest BCUT2D eigenvalue weighted by atomic mass is 16.5. The van der Waals surface area contributed by atoms with E-state index in [2.05, 4.69) is 78.5 Å². The lowest BCUT2D eigenvalue weighted by atomic mass is 9.97. The first kappa shape index (κ1) is 40.9. The number of hydrogen-bond acceptors (Lipinski definition) is 3. The van der Waals surface area contributed by atoms with E-state index in [1.54, 1.807) is 0 Å². The van der Waals surface area contributed by atoms with Gasteiger partial charge in [-0.2, -0.15) is 0 Å². The molecule has 0 aliphatic heterocycles. The van der Waals surface area contributed by atoms with Crippen LogP contribution in [0, 0.1) is 11.3 Å². The third kappa shape index (κ3) is 23.9. The van der Waals surface area contributed by atoms with Crippen LogP contribution >= 0.6 is 0 Å². The summed E-state index contributed by atoms with van der Waals surface area (Å²) in [5.74, 6) is 0.453. The number of aliphatic hydroxyl groups is 1. The third-order valence-corrected chi connectivity index (χ3v) is 8.12. The summed E-state index contributed by atoms with van der Waals surface area (Å²) in [6.45, 7) is 25.4. The van der Waals surface area contributed by atoms with Crippen molar-refractivity contribution >= 4 is 5.97 Å². The predicted molar refractivity (Wildman–Crippen MR) is 189 cm³/mol. The fourth-order valence-electron chi connectivity index (χ4n) is 4.63. The molecular weight excluding hydrogens is 528 g/mol. The molecule has 0 saturated heterocycles. The molecule has 0 saturated carbocycles. The molecule has 0 fully saturated rings. The van der Waals surface area contributed by atoms with E-state index in [1.165, 1.54) is 27.9 Å². The standard InChI is InChI=1S/C40H68O3/c1-31(2)38(41)28-27-36(7)25-15-23-34(5)21-13-19-32(3)17-12-18-33(4)20-14-22-35(6)24-16-26-37(8)29-30-43-39(42)40(9,10)11/h17,20-21,24-25,37-38,41H,1,12-16,18-19,22-23,26-30H2,2-11H3. The van der Waals surface area contributed by atoms with Crippen LogP contribution in [0.5, 0.6) is 0 Å². The van der Waals surface area contributed by atoms with Gasteiger partial charge in [-0.25, -0.2) is 0 Å². The zero-order valence-corrected chi connectivity index (χ0v) is 29.9. The number of carbonyl (C=O) groups excluding carboxylic acids is 1. The molecule has 0 aliphatic carbocycles. The van der Waals surface area contributed by atoms with Crippen LogP contribution in [0.2, 0.25) is 0 Å². The lowest BCUT2D eigenvalue weighted by Crippen LogP contribution is -2.23. The number of carbonyl (C=O) groups is 1. The van der Waals surface area contributed by atoms with Gasteiger partial charge in [0.2, 0.25) is 0 Å². The van der Waals surface area contributed by atoms with Gasteiger partial charge in [0.25, 0.3) is 0 Å². The van der Waals surface area contributed by atoms with Crippen LogP contribution in [0.4, 0.5) is 0 Å². The zero-order chi connectivity index (χ0) is 32.8. The molecule has 0 bridgehead atoms. The minimum Gasteiger partial charge on any atom is -0.465 e. The van der Waals surface area contributed by atoms with Gasteiger partial charge in [-0.15, -0.1) is 0 Å². The molecule has 2 unspecified atom stereocenters. The van der Waals surface area contributed by atoms with Crippen LogP contribution in [-0.4, -0.2) is 23.8 Å². The van der Waals surface area contributed by atoms with Crippen LogP contribution in [0.1, 0.15) is 153 Å². The van der Waals surface area contributed by atoms with Gasteiger partial charge in [-0.3, -0.25) is 4.79 Å². The summed E-state index contributed by atoms with van der Waals surface area (Å²) in [6.07, 6.45) is 25.4. The maximum absolute atomic E-state index is 11.9. The van der Waals surface area contributed by atoms with Gasteiger partial charge in [0.15, 0.2) is 0 Å². The summed E-state index contributed by atoms with van der Waals surface area (Å²) >= 11 is 0. The maximum atomic E-state index is 11.9. The molecule has 0 aromatic carbocycles. The Balaban J connectivity index is 4.16. The Bertz CT molecular complexity index is 964. The van der Waals surface area contributed by atoms with Crippen LogP contribution in [0.15, 0.2) is 70.4 Å². The monoisotopic (exact) mass is 597 g/mol. The summed E-state index contributed by atoms with van der Waals surface area (Å²) in [4.78, 5) is 11.9. The van der Waals surface area contributed by atoms with Crippen molar-refractivity contribution in [3.63, 3.8) is 0 Å². The highest BCUT2D eigenvalue weighted by Gasteiger charge is 2.22. The Hall–Kier alpha value is -2.13. The highest BCUT2D eigenvalue weighted by Crippen LogP contribution is 2.19. The van der Waals surface area contributed by atoms with Crippen molar-refractivity contribution in [3.8, 4) is 0 Å². The van der Waals surface area contributed by atoms with Gasteiger partial charge in [-0.1, -0.05) is 77.3 Å². The molecule has 0 spiro atoms. The Morgan fingerprint density at radius 1 is 0.651 bits per heavy atom. The molecule has 1 N–H and O–H groups in total. The van der Waals surface area contributed by atoms with E-state index in [0.717, 1.165) is 89.0 Å². The van der Waals surface area contributed by atoms with E-state index in [4.69, 9.17) is 4.74 Å². The number of rotatable bonds is 22. The summed E-state index contributed by atoms with van der Waals surface area (Å²) < 4.78 is 5.40. The molecule has 2 atom stereocenters. The van der Waals surface area contributed by atoms with E-state index in [0.29, 0.717) is 12.5 Å². The predicted octanol–water partition coefficient (Wildman–Crippen LogP) is 12.0. The fourth-order valence-corrected chi connectivity index (χ4v) is 4.63. The second-order valence-corrected chi connectivity index (χ2v) is 14.2. The lowest BCUT2D eigenvalue weighted by Gasteiger charge is -2.17. The Kier molecular flexibility index (Phi) is 22.1. The van der Waals surface area contributed by atoms with Gasteiger partial charge in [0.05, 0.1) is 18.1 Å². The van der Waals surface area contributed by atoms with Gasteiger partial charge in [-0.05, 0) is 152 Å². The van der Waals surface area contributed by atoms with Gasteiger partial charge in [0.1, 0.15) is 0 Å². The van der Waals surface area contributed by atoms with Crippen LogP contribution in [0.3, 0.4) is 0 Å². The normalized spacial score (nSPS) is 15.5. The second-order valence-electron chi connectivity index (χ2n) is 14.2. The molecule has 0 rings (SSSR count). The van der Waals surface area contributed by atoms with Gasteiger partial charge >= 0.3 is 5.97 Å². The second kappa shape index (κ2) is 23.3. The van der Waals surface area contributed by atoms with E-state index < -0.39 is 5.41 Å².